The third-order valence-corrected chi connectivity index (χ3v) is 5.33. The van der Waals surface area contributed by atoms with Crippen LogP contribution in [0, 0.1) is 12.8 Å². The van der Waals surface area contributed by atoms with Crippen LogP contribution in [0.4, 0.5) is 0 Å². The summed E-state index contributed by atoms with van der Waals surface area (Å²) in [5.41, 5.74) is 2.45. The highest BCUT2D eigenvalue weighted by atomic mass is 79.9. The van der Waals surface area contributed by atoms with Crippen LogP contribution in [0.15, 0.2) is 4.47 Å². The Balaban J connectivity index is 2.12. The van der Waals surface area contributed by atoms with E-state index in [1.807, 2.05) is 0 Å². The van der Waals surface area contributed by atoms with Crippen LogP contribution in [0.3, 0.4) is 0 Å². The van der Waals surface area contributed by atoms with E-state index in [1.54, 1.807) is 0 Å². The van der Waals surface area contributed by atoms with E-state index in [1.165, 1.54) is 35.8 Å². The third kappa shape index (κ3) is 3.30. The summed E-state index contributed by atoms with van der Waals surface area (Å²) in [5, 5.41) is 4.94. The molecule has 2 rings (SSSR count). The van der Waals surface area contributed by atoms with Crippen LogP contribution in [0.25, 0.3) is 0 Å². The molecule has 0 amide bonds. The molecule has 18 heavy (non-hydrogen) atoms. The first-order chi connectivity index (χ1) is 8.61. The number of alkyl halides is 1. The summed E-state index contributed by atoms with van der Waals surface area (Å²) in [5.74, 6) is 0.715. The number of nitrogens with zero attached hydrogens (tertiary/aromatic N) is 2. The van der Waals surface area contributed by atoms with Gasteiger partial charge in [-0.1, -0.05) is 19.3 Å². The van der Waals surface area contributed by atoms with Gasteiger partial charge in [-0.15, -0.1) is 11.6 Å². The second kappa shape index (κ2) is 6.42. The lowest BCUT2D eigenvalue weighted by molar-refractivity contribution is 0.440. The monoisotopic (exact) mass is 332 g/mol. The maximum Gasteiger partial charge on any atom is 0.0738 e. The number of hydrogen-bond acceptors (Lipinski definition) is 1. The summed E-state index contributed by atoms with van der Waals surface area (Å²) in [4.78, 5) is 0. The van der Waals surface area contributed by atoms with Crippen molar-refractivity contribution < 1.29 is 0 Å². The van der Waals surface area contributed by atoms with Crippen molar-refractivity contribution in [3.05, 3.63) is 15.9 Å². The van der Waals surface area contributed by atoms with E-state index in [2.05, 4.69) is 39.6 Å². The van der Waals surface area contributed by atoms with Gasteiger partial charge in [-0.3, -0.25) is 4.68 Å². The second-order valence-electron chi connectivity index (χ2n) is 5.35. The van der Waals surface area contributed by atoms with Gasteiger partial charge in [-0.2, -0.15) is 5.10 Å². The zero-order valence-corrected chi connectivity index (χ0v) is 13.6. The first kappa shape index (κ1) is 14.4. The Kier molecular flexibility index (Phi) is 5.14. The largest absolute Gasteiger partial charge is 0.268 e. The molecule has 1 fully saturated rings. The molecule has 1 aromatic rings. The van der Waals surface area contributed by atoms with E-state index in [9.17, 15) is 0 Å². The van der Waals surface area contributed by atoms with Crippen molar-refractivity contribution in [2.45, 2.75) is 64.3 Å². The van der Waals surface area contributed by atoms with Gasteiger partial charge in [-0.05, 0) is 55.0 Å². The van der Waals surface area contributed by atoms with Crippen molar-refractivity contribution in [1.82, 2.24) is 9.78 Å². The van der Waals surface area contributed by atoms with Crippen molar-refractivity contribution in [2.75, 3.05) is 0 Å². The van der Waals surface area contributed by atoms with Gasteiger partial charge in [0.15, 0.2) is 0 Å². The Morgan fingerprint density at radius 2 is 2.11 bits per heavy atom. The molecule has 0 bridgehead atoms. The van der Waals surface area contributed by atoms with Crippen LogP contribution in [0.2, 0.25) is 0 Å². The molecule has 2 atom stereocenters. The van der Waals surface area contributed by atoms with Gasteiger partial charge in [-0.25, -0.2) is 0 Å². The molecule has 4 heteroatoms. The standard InChI is InChI=1S/C14H22BrClN2/c1-3-18-13(14(15)10(2)17-18)9-11-6-4-5-7-12(16)8-11/h11-12H,3-9H2,1-2H3. The number of rotatable bonds is 3. The van der Waals surface area contributed by atoms with E-state index in [0.717, 1.165) is 25.1 Å². The molecule has 0 spiro atoms. The van der Waals surface area contributed by atoms with Gasteiger partial charge >= 0.3 is 0 Å². The summed E-state index contributed by atoms with van der Waals surface area (Å²) in [6.45, 7) is 5.16. The Bertz CT molecular complexity index is 403. The molecule has 0 aromatic carbocycles. The highest BCUT2D eigenvalue weighted by molar-refractivity contribution is 9.10. The minimum absolute atomic E-state index is 0.371. The van der Waals surface area contributed by atoms with Crippen LogP contribution in [-0.4, -0.2) is 15.2 Å². The smallest absolute Gasteiger partial charge is 0.0738 e. The molecule has 0 radical (unpaired) electrons. The molecule has 0 N–H and O–H groups in total. The van der Waals surface area contributed by atoms with Gasteiger partial charge in [0.1, 0.15) is 0 Å². The summed E-state index contributed by atoms with van der Waals surface area (Å²) in [6, 6.07) is 0. The summed E-state index contributed by atoms with van der Waals surface area (Å²) in [6.07, 6.45) is 7.37. The van der Waals surface area contributed by atoms with Crippen molar-refractivity contribution in [3.63, 3.8) is 0 Å². The van der Waals surface area contributed by atoms with Gasteiger partial charge in [0.05, 0.1) is 15.9 Å². The van der Waals surface area contributed by atoms with E-state index in [4.69, 9.17) is 11.6 Å². The van der Waals surface area contributed by atoms with Gasteiger partial charge in [0.2, 0.25) is 0 Å². The SMILES string of the molecule is CCn1nc(C)c(Br)c1CC1CCCCC(Cl)C1. The van der Waals surface area contributed by atoms with Gasteiger partial charge < -0.3 is 0 Å². The molecule has 1 aliphatic rings. The molecular formula is C14H22BrClN2. The topological polar surface area (TPSA) is 17.8 Å². The van der Waals surface area contributed by atoms with E-state index in [0.29, 0.717) is 11.3 Å². The fourth-order valence-electron chi connectivity index (χ4n) is 2.92. The fourth-order valence-corrected chi connectivity index (χ4v) is 3.77. The van der Waals surface area contributed by atoms with E-state index < -0.39 is 0 Å². The average Bonchev–Trinajstić information content (AvgIpc) is 2.53. The van der Waals surface area contributed by atoms with Crippen molar-refractivity contribution in [3.8, 4) is 0 Å². The number of aromatic nitrogens is 2. The molecule has 1 aliphatic carbocycles. The third-order valence-electron chi connectivity index (χ3n) is 3.90. The van der Waals surface area contributed by atoms with Crippen LogP contribution < -0.4 is 0 Å². The molecule has 102 valence electrons. The maximum atomic E-state index is 6.37. The zero-order chi connectivity index (χ0) is 13.1. The van der Waals surface area contributed by atoms with Crippen LogP contribution in [0.5, 0.6) is 0 Å². The zero-order valence-electron chi connectivity index (χ0n) is 11.3. The normalized spacial score (nSPS) is 25.1. The fraction of sp³-hybridized carbons (Fsp3) is 0.786. The minimum atomic E-state index is 0.371. The van der Waals surface area contributed by atoms with Crippen molar-refractivity contribution in [1.29, 1.82) is 0 Å². The second-order valence-corrected chi connectivity index (χ2v) is 6.76. The van der Waals surface area contributed by atoms with Crippen molar-refractivity contribution in [2.24, 2.45) is 5.92 Å². The van der Waals surface area contributed by atoms with Gasteiger partial charge in [0, 0.05) is 11.9 Å². The lowest BCUT2D eigenvalue weighted by Crippen LogP contribution is -2.12. The summed E-state index contributed by atoms with van der Waals surface area (Å²) >= 11 is 10.1. The Morgan fingerprint density at radius 3 is 2.83 bits per heavy atom. The molecule has 0 saturated heterocycles. The Hall–Kier alpha value is -0.0200. The first-order valence-electron chi connectivity index (χ1n) is 6.97. The predicted octanol–water partition coefficient (Wildman–Crippen LogP) is 4.70. The van der Waals surface area contributed by atoms with Crippen LogP contribution >= 0.6 is 27.5 Å². The van der Waals surface area contributed by atoms with E-state index in [-0.39, 0.29) is 0 Å². The number of halogens is 2. The van der Waals surface area contributed by atoms with E-state index >= 15 is 0 Å². The highest BCUT2D eigenvalue weighted by Gasteiger charge is 2.22. The van der Waals surface area contributed by atoms with Gasteiger partial charge in [0.25, 0.3) is 0 Å². The quantitative estimate of drug-likeness (QED) is 0.579. The predicted molar refractivity (Wildman–Crippen MR) is 80.3 cm³/mol. The lowest BCUT2D eigenvalue weighted by atomic mass is 9.94. The first-order valence-corrected chi connectivity index (χ1v) is 8.20. The molecule has 1 heterocycles. The Morgan fingerprint density at radius 1 is 1.39 bits per heavy atom. The Labute approximate surface area is 123 Å². The average molecular weight is 334 g/mol. The molecule has 1 saturated carbocycles. The molecule has 2 nitrogen and oxygen atoms in total. The van der Waals surface area contributed by atoms with Crippen molar-refractivity contribution >= 4 is 27.5 Å². The number of aryl methyl sites for hydroxylation is 2. The minimum Gasteiger partial charge on any atom is -0.268 e. The number of hydrogen-bond donors (Lipinski definition) is 0. The summed E-state index contributed by atoms with van der Waals surface area (Å²) in [7, 11) is 0. The molecule has 0 aliphatic heterocycles. The molecular weight excluding hydrogens is 312 g/mol. The maximum absolute atomic E-state index is 6.37. The molecule has 2 unspecified atom stereocenters. The highest BCUT2D eigenvalue weighted by Crippen LogP contribution is 2.32. The molecule has 1 aromatic heterocycles. The van der Waals surface area contributed by atoms with Crippen LogP contribution in [0.1, 0.15) is 50.4 Å². The lowest BCUT2D eigenvalue weighted by Gasteiger charge is -2.17. The summed E-state index contributed by atoms with van der Waals surface area (Å²) < 4.78 is 3.33. The van der Waals surface area contributed by atoms with Crippen LogP contribution in [-0.2, 0) is 13.0 Å².